The molecular weight excluding hydrogens is 272 g/mol. The van der Waals surface area contributed by atoms with Crippen molar-refractivity contribution in [1.82, 2.24) is 4.90 Å². The second-order valence-corrected chi connectivity index (χ2v) is 6.59. The molecule has 0 spiro atoms. The Morgan fingerprint density at radius 1 is 1.45 bits per heavy atom. The summed E-state index contributed by atoms with van der Waals surface area (Å²) in [7, 11) is 0. The lowest BCUT2D eigenvalue weighted by Gasteiger charge is -2.14. The fraction of sp³-hybridized carbons (Fsp3) is 0.611. The molecule has 22 heavy (non-hydrogen) atoms. The van der Waals surface area contributed by atoms with Gasteiger partial charge in [0.25, 0.3) is 0 Å². The Morgan fingerprint density at radius 2 is 2.27 bits per heavy atom. The van der Waals surface area contributed by atoms with Crippen LogP contribution in [-0.2, 0) is 0 Å². The van der Waals surface area contributed by atoms with Crippen LogP contribution in [0.2, 0.25) is 0 Å². The van der Waals surface area contributed by atoms with Gasteiger partial charge in [-0.15, -0.1) is 0 Å². The van der Waals surface area contributed by atoms with E-state index in [1.165, 1.54) is 31.5 Å². The third-order valence-electron chi connectivity index (χ3n) is 4.26. The second-order valence-electron chi connectivity index (χ2n) is 6.59. The minimum atomic E-state index is 0.517. The van der Waals surface area contributed by atoms with Gasteiger partial charge in [0.05, 0.1) is 0 Å². The number of guanidine groups is 1. The van der Waals surface area contributed by atoms with Crippen LogP contribution in [0.4, 0.5) is 5.69 Å². The highest BCUT2D eigenvalue weighted by molar-refractivity contribution is 5.92. The molecule has 4 heteroatoms. The average Bonchev–Trinajstić information content (AvgIpc) is 2.93. The van der Waals surface area contributed by atoms with E-state index in [0.29, 0.717) is 17.8 Å². The molecule has 1 saturated heterocycles. The first kappa shape index (κ1) is 16.8. The van der Waals surface area contributed by atoms with Gasteiger partial charge in [-0.3, -0.25) is 4.99 Å². The zero-order chi connectivity index (χ0) is 15.9. The maximum atomic E-state index is 6.03. The Kier molecular flexibility index (Phi) is 6.25. The molecule has 2 rings (SSSR count). The van der Waals surface area contributed by atoms with Gasteiger partial charge in [-0.1, -0.05) is 32.9 Å². The fourth-order valence-electron chi connectivity index (χ4n) is 2.97. The molecule has 1 aliphatic heterocycles. The number of likely N-dealkylation sites (tertiary alicyclic amines) is 1. The molecule has 1 aromatic carbocycles. The summed E-state index contributed by atoms with van der Waals surface area (Å²) in [5.41, 5.74) is 8.36. The molecule has 122 valence electrons. The highest BCUT2D eigenvalue weighted by atomic mass is 15.2. The first-order chi connectivity index (χ1) is 10.6. The van der Waals surface area contributed by atoms with E-state index in [1.54, 1.807) is 0 Å². The van der Waals surface area contributed by atoms with E-state index in [0.717, 1.165) is 18.8 Å². The molecule has 0 saturated carbocycles. The molecule has 1 heterocycles. The lowest BCUT2D eigenvalue weighted by Crippen LogP contribution is -2.25. The molecule has 4 nitrogen and oxygen atoms in total. The molecule has 3 N–H and O–H groups in total. The zero-order valence-electron chi connectivity index (χ0n) is 14.2. The molecule has 1 aromatic rings. The Balaban J connectivity index is 1.84. The van der Waals surface area contributed by atoms with Gasteiger partial charge in [-0.25, -0.2) is 0 Å². The van der Waals surface area contributed by atoms with Crippen molar-refractivity contribution in [2.75, 3.05) is 31.5 Å². The molecule has 0 radical (unpaired) electrons. The van der Waals surface area contributed by atoms with Crippen LogP contribution in [0.5, 0.6) is 0 Å². The van der Waals surface area contributed by atoms with Crippen LogP contribution in [0.1, 0.15) is 45.1 Å². The van der Waals surface area contributed by atoms with Gasteiger partial charge in [0, 0.05) is 18.8 Å². The van der Waals surface area contributed by atoms with Crippen LogP contribution < -0.4 is 11.1 Å². The lowest BCUT2D eigenvalue weighted by atomic mass is 10.0. The molecule has 1 atom stereocenters. The molecule has 0 aliphatic carbocycles. The lowest BCUT2D eigenvalue weighted by molar-refractivity contribution is 0.326. The highest BCUT2D eigenvalue weighted by Crippen LogP contribution is 2.19. The molecule has 0 bridgehead atoms. The van der Waals surface area contributed by atoms with E-state index in [2.05, 4.69) is 54.2 Å². The van der Waals surface area contributed by atoms with Gasteiger partial charge in [0.1, 0.15) is 0 Å². The number of anilines is 1. The second kappa shape index (κ2) is 8.18. The standard InChI is InChI=1S/C18H30N4/c1-4-9-22-10-8-15(13-22)12-20-18(19)21-17-7-5-6-16(11-17)14(2)3/h5-7,11,14-15H,4,8-10,12-13H2,1-3H3,(H3,19,20,21). The van der Waals surface area contributed by atoms with Crippen molar-refractivity contribution in [3.05, 3.63) is 29.8 Å². The van der Waals surface area contributed by atoms with Crippen molar-refractivity contribution in [2.45, 2.75) is 39.5 Å². The number of nitrogens with one attached hydrogen (secondary N) is 1. The van der Waals surface area contributed by atoms with Crippen LogP contribution in [0.15, 0.2) is 29.3 Å². The number of nitrogens with two attached hydrogens (primary N) is 1. The minimum absolute atomic E-state index is 0.517. The van der Waals surface area contributed by atoms with E-state index in [9.17, 15) is 0 Å². The molecule has 1 unspecified atom stereocenters. The SMILES string of the molecule is CCCN1CCC(CN=C(N)Nc2cccc(C(C)C)c2)C1. The van der Waals surface area contributed by atoms with E-state index in [1.807, 2.05) is 6.07 Å². The van der Waals surface area contributed by atoms with Gasteiger partial charge in [0.15, 0.2) is 5.96 Å². The highest BCUT2D eigenvalue weighted by Gasteiger charge is 2.21. The summed E-state index contributed by atoms with van der Waals surface area (Å²) in [6.07, 6.45) is 2.46. The Labute approximate surface area is 134 Å². The number of nitrogens with zero attached hydrogens (tertiary/aromatic N) is 2. The van der Waals surface area contributed by atoms with E-state index >= 15 is 0 Å². The summed E-state index contributed by atoms with van der Waals surface area (Å²) in [6.45, 7) is 11.0. The topological polar surface area (TPSA) is 53.6 Å². The van der Waals surface area contributed by atoms with Crippen molar-refractivity contribution in [1.29, 1.82) is 0 Å². The largest absolute Gasteiger partial charge is 0.370 e. The minimum Gasteiger partial charge on any atom is -0.370 e. The Hall–Kier alpha value is -1.55. The van der Waals surface area contributed by atoms with E-state index in [-0.39, 0.29) is 0 Å². The van der Waals surface area contributed by atoms with Gasteiger partial charge in [-0.05, 0) is 55.5 Å². The number of hydrogen-bond donors (Lipinski definition) is 2. The number of hydrogen-bond acceptors (Lipinski definition) is 2. The molecule has 0 amide bonds. The summed E-state index contributed by atoms with van der Waals surface area (Å²) in [4.78, 5) is 7.05. The van der Waals surface area contributed by atoms with E-state index < -0.39 is 0 Å². The molecule has 1 aliphatic rings. The third-order valence-corrected chi connectivity index (χ3v) is 4.26. The maximum Gasteiger partial charge on any atom is 0.193 e. The summed E-state index contributed by atoms with van der Waals surface area (Å²) in [6, 6.07) is 8.38. The maximum absolute atomic E-state index is 6.03. The van der Waals surface area contributed by atoms with Gasteiger partial charge >= 0.3 is 0 Å². The third kappa shape index (κ3) is 5.02. The van der Waals surface area contributed by atoms with Crippen LogP contribution in [0.3, 0.4) is 0 Å². The van der Waals surface area contributed by atoms with Crippen LogP contribution in [0.25, 0.3) is 0 Å². The smallest absolute Gasteiger partial charge is 0.193 e. The predicted molar refractivity (Wildman–Crippen MR) is 95.5 cm³/mol. The quantitative estimate of drug-likeness (QED) is 0.626. The average molecular weight is 302 g/mol. The Bertz CT molecular complexity index is 496. The molecule has 1 fully saturated rings. The summed E-state index contributed by atoms with van der Waals surface area (Å²) >= 11 is 0. The zero-order valence-corrected chi connectivity index (χ0v) is 14.2. The van der Waals surface area contributed by atoms with Gasteiger partial charge in [0.2, 0.25) is 0 Å². The fourth-order valence-corrected chi connectivity index (χ4v) is 2.97. The van der Waals surface area contributed by atoms with Crippen LogP contribution in [0, 0.1) is 5.92 Å². The molecule has 0 aromatic heterocycles. The monoisotopic (exact) mass is 302 g/mol. The van der Waals surface area contributed by atoms with Crippen molar-refractivity contribution < 1.29 is 0 Å². The summed E-state index contributed by atoms with van der Waals surface area (Å²) in [5.74, 6) is 1.69. The van der Waals surface area contributed by atoms with Crippen LogP contribution >= 0.6 is 0 Å². The van der Waals surface area contributed by atoms with Crippen LogP contribution in [-0.4, -0.2) is 37.0 Å². The first-order valence-corrected chi connectivity index (χ1v) is 8.47. The normalized spacial score (nSPS) is 19.8. The van der Waals surface area contributed by atoms with E-state index in [4.69, 9.17) is 5.73 Å². The molecular formula is C18H30N4. The number of benzene rings is 1. The predicted octanol–water partition coefficient (Wildman–Crippen LogP) is 3.27. The van der Waals surface area contributed by atoms with Gasteiger partial charge < -0.3 is 16.0 Å². The van der Waals surface area contributed by atoms with Crippen molar-refractivity contribution >= 4 is 11.6 Å². The Morgan fingerprint density at radius 3 is 3.00 bits per heavy atom. The number of rotatable bonds is 6. The van der Waals surface area contributed by atoms with Crippen molar-refractivity contribution in [2.24, 2.45) is 16.6 Å². The van der Waals surface area contributed by atoms with Crippen molar-refractivity contribution in [3.63, 3.8) is 0 Å². The van der Waals surface area contributed by atoms with Crippen molar-refractivity contribution in [3.8, 4) is 0 Å². The summed E-state index contributed by atoms with van der Waals surface area (Å²) < 4.78 is 0. The van der Waals surface area contributed by atoms with Gasteiger partial charge in [-0.2, -0.15) is 0 Å². The first-order valence-electron chi connectivity index (χ1n) is 8.47. The summed E-state index contributed by atoms with van der Waals surface area (Å²) in [5, 5.41) is 3.21. The number of aliphatic imine (C=N–C) groups is 1.